The van der Waals surface area contributed by atoms with Gasteiger partial charge in [-0.05, 0) is 36.1 Å². The zero-order chi connectivity index (χ0) is 20.8. The lowest BCUT2D eigenvalue weighted by atomic mass is 10.1. The van der Waals surface area contributed by atoms with Gasteiger partial charge in [-0.1, -0.05) is 59.1 Å². The van der Waals surface area contributed by atoms with Gasteiger partial charge in [-0.15, -0.1) is 0 Å². The van der Waals surface area contributed by atoms with Crippen LogP contribution in [0.5, 0.6) is 0 Å². The maximum atomic E-state index is 12.9. The van der Waals surface area contributed by atoms with Crippen LogP contribution in [0, 0.1) is 5.92 Å². The number of carbonyl (C=O) groups excluding carboxylic acids is 1. The average Bonchev–Trinajstić information content (AvgIpc) is 3.50. The van der Waals surface area contributed by atoms with Gasteiger partial charge in [0, 0.05) is 37.1 Å². The number of hydrogen-bond donors (Lipinski definition) is 0. The molecule has 2 atom stereocenters. The van der Waals surface area contributed by atoms with Gasteiger partial charge in [0.15, 0.2) is 0 Å². The first-order valence-corrected chi connectivity index (χ1v) is 11.9. The Hall–Kier alpha value is -1.31. The molecule has 2 aliphatic rings. The van der Waals surface area contributed by atoms with Gasteiger partial charge in [0.1, 0.15) is 4.90 Å². The zero-order valence-electron chi connectivity index (χ0n) is 15.4. The smallest absolute Gasteiger partial charge is 0.244 e. The van der Waals surface area contributed by atoms with Crippen molar-refractivity contribution in [1.82, 2.24) is 9.21 Å². The summed E-state index contributed by atoms with van der Waals surface area (Å²) in [5.74, 6) is 0.122. The lowest BCUT2D eigenvalue weighted by Gasteiger charge is -2.34. The molecule has 0 bridgehead atoms. The minimum atomic E-state index is -3.77. The Bertz CT molecular complexity index is 1050. The van der Waals surface area contributed by atoms with Gasteiger partial charge in [-0.2, -0.15) is 4.31 Å². The minimum absolute atomic E-state index is 0.00702. The van der Waals surface area contributed by atoms with Crippen LogP contribution >= 0.6 is 34.8 Å². The normalized spacial score (nSPS) is 22.5. The summed E-state index contributed by atoms with van der Waals surface area (Å²) in [5.41, 5.74) is 1.00. The molecule has 29 heavy (non-hydrogen) atoms. The van der Waals surface area contributed by atoms with Crippen LogP contribution in [0.4, 0.5) is 0 Å². The molecule has 1 heterocycles. The van der Waals surface area contributed by atoms with Crippen LogP contribution in [0.1, 0.15) is 17.9 Å². The van der Waals surface area contributed by atoms with E-state index in [1.807, 2.05) is 24.3 Å². The topological polar surface area (TPSA) is 57.7 Å². The number of hydrogen-bond acceptors (Lipinski definition) is 3. The van der Waals surface area contributed by atoms with Crippen molar-refractivity contribution in [2.45, 2.75) is 17.2 Å². The van der Waals surface area contributed by atoms with Crippen LogP contribution in [0.2, 0.25) is 15.1 Å². The summed E-state index contributed by atoms with van der Waals surface area (Å²) in [5, 5.41) is 0.899. The average molecular weight is 474 g/mol. The number of benzene rings is 2. The van der Waals surface area contributed by atoms with Gasteiger partial charge in [-0.25, -0.2) is 8.42 Å². The second kappa shape index (κ2) is 8.08. The van der Waals surface area contributed by atoms with E-state index in [-0.39, 0.29) is 45.8 Å². The Labute approximate surface area is 185 Å². The van der Waals surface area contributed by atoms with Crippen LogP contribution in [0.3, 0.4) is 0 Å². The number of carbonyl (C=O) groups is 1. The molecule has 2 unspecified atom stereocenters. The van der Waals surface area contributed by atoms with Gasteiger partial charge >= 0.3 is 0 Å². The molecule has 1 amide bonds. The third-order valence-electron chi connectivity index (χ3n) is 5.50. The highest BCUT2D eigenvalue weighted by Gasteiger charge is 2.47. The largest absolute Gasteiger partial charge is 0.340 e. The summed E-state index contributed by atoms with van der Waals surface area (Å²) in [6, 6.07) is 12.1. The second-order valence-corrected chi connectivity index (χ2v) is 10.4. The van der Waals surface area contributed by atoms with E-state index in [0.29, 0.717) is 18.1 Å². The summed E-state index contributed by atoms with van der Waals surface area (Å²) in [6.07, 6.45) is 0.777. The molecule has 9 heteroatoms. The first-order valence-electron chi connectivity index (χ1n) is 9.28. The van der Waals surface area contributed by atoms with E-state index in [1.165, 1.54) is 10.4 Å². The summed E-state index contributed by atoms with van der Waals surface area (Å²) in [6.45, 7) is 1.14. The summed E-state index contributed by atoms with van der Waals surface area (Å²) in [4.78, 5) is 14.6. The summed E-state index contributed by atoms with van der Waals surface area (Å²) < 4.78 is 27.2. The summed E-state index contributed by atoms with van der Waals surface area (Å²) in [7, 11) is -3.77. The molecular weight excluding hydrogens is 455 g/mol. The first kappa shape index (κ1) is 20.9. The van der Waals surface area contributed by atoms with Crippen molar-refractivity contribution in [2.24, 2.45) is 5.92 Å². The first-order chi connectivity index (χ1) is 13.8. The Morgan fingerprint density at radius 3 is 2.24 bits per heavy atom. The molecule has 0 radical (unpaired) electrons. The third kappa shape index (κ3) is 4.01. The maximum Gasteiger partial charge on any atom is 0.244 e. The van der Waals surface area contributed by atoms with Crippen LogP contribution in [-0.2, 0) is 14.8 Å². The van der Waals surface area contributed by atoms with Crippen LogP contribution in [-0.4, -0.2) is 49.7 Å². The van der Waals surface area contributed by atoms with Gasteiger partial charge in [-0.3, -0.25) is 4.79 Å². The van der Waals surface area contributed by atoms with Crippen LogP contribution in [0.25, 0.3) is 0 Å². The van der Waals surface area contributed by atoms with Crippen LogP contribution in [0.15, 0.2) is 47.4 Å². The second-order valence-electron chi connectivity index (χ2n) is 7.25. The molecule has 0 N–H and O–H groups in total. The highest BCUT2D eigenvalue weighted by molar-refractivity contribution is 7.89. The fraction of sp³-hybridized carbons (Fsp3) is 0.350. The number of piperazine rings is 1. The van der Waals surface area contributed by atoms with E-state index in [1.54, 1.807) is 17.0 Å². The molecule has 1 saturated heterocycles. The Morgan fingerprint density at radius 1 is 0.897 bits per heavy atom. The van der Waals surface area contributed by atoms with Gasteiger partial charge < -0.3 is 4.90 Å². The van der Waals surface area contributed by atoms with Gasteiger partial charge in [0.2, 0.25) is 15.9 Å². The predicted octanol–water partition coefficient (Wildman–Crippen LogP) is 4.28. The quantitative estimate of drug-likeness (QED) is 0.666. The van der Waals surface area contributed by atoms with Crippen molar-refractivity contribution in [3.8, 4) is 0 Å². The Balaban J connectivity index is 1.40. The van der Waals surface area contributed by atoms with Crippen molar-refractivity contribution >= 4 is 50.7 Å². The minimum Gasteiger partial charge on any atom is -0.340 e. The van der Waals surface area contributed by atoms with Crippen molar-refractivity contribution in [2.75, 3.05) is 26.2 Å². The highest BCUT2D eigenvalue weighted by Crippen LogP contribution is 2.50. The molecule has 2 fully saturated rings. The standard InChI is InChI=1S/C20H19Cl3N2O3S/c21-16-5-2-1-4-13(16)14-12-15(14)20(26)24-8-10-25(11-9-24)29(27,28)18-7-3-6-17(22)19(18)23/h1-7,14-15H,8-12H2. The maximum absolute atomic E-state index is 12.9. The van der Waals surface area contributed by atoms with Gasteiger partial charge in [0.05, 0.1) is 10.0 Å². The van der Waals surface area contributed by atoms with Gasteiger partial charge in [0.25, 0.3) is 0 Å². The van der Waals surface area contributed by atoms with E-state index in [4.69, 9.17) is 34.8 Å². The summed E-state index contributed by atoms with van der Waals surface area (Å²) >= 11 is 18.3. The predicted molar refractivity (Wildman–Crippen MR) is 114 cm³/mol. The lowest BCUT2D eigenvalue weighted by Crippen LogP contribution is -2.51. The number of rotatable bonds is 4. The molecule has 2 aromatic rings. The number of nitrogens with zero attached hydrogens (tertiary/aromatic N) is 2. The number of halogens is 3. The molecule has 1 saturated carbocycles. The van der Waals surface area contributed by atoms with Crippen molar-refractivity contribution in [3.05, 3.63) is 63.1 Å². The monoisotopic (exact) mass is 472 g/mol. The lowest BCUT2D eigenvalue weighted by molar-refractivity contribution is -0.133. The molecule has 1 aliphatic heterocycles. The molecule has 4 rings (SSSR count). The molecule has 5 nitrogen and oxygen atoms in total. The molecule has 2 aromatic carbocycles. The Kier molecular flexibility index (Phi) is 5.84. The van der Waals surface area contributed by atoms with Crippen molar-refractivity contribution < 1.29 is 13.2 Å². The van der Waals surface area contributed by atoms with E-state index in [2.05, 4.69) is 0 Å². The highest BCUT2D eigenvalue weighted by atomic mass is 35.5. The Morgan fingerprint density at radius 2 is 1.55 bits per heavy atom. The van der Waals surface area contributed by atoms with Crippen LogP contribution < -0.4 is 0 Å². The van der Waals surface area contributed by atoms with Crippen molar-refractivity contribution in [1.29, 1.82) is 0 Å². The third-order valence-corrected chi connectivity index (χ3v) is 8.71. The zero-order valence-corrected chi connectivity index (χ0v) is 18.5. The molecule has 0 aromatic heterocycles. The SMILES string of the molecule is O=C(C1CC1c1ccccc1Cl)N1CCN(S(=O)(=O)c2cccc(Cl)c2Cl)CC1. The molecular formula is C20H19Cl3N2O3S. The molecule has 154 valence electrons. The molecule has 1 aliphatic carbocycles. The fourth-order valence-electron chi connectivity index (χ4n) is 3.79. The van der Waals surface area contributed by atoms with E-state index in [0.717, 1.165) is 12.0 Å². The molecule has 0 spiro atoms. The van der Waals surface area contributed by atoms with E-state index >= 15 is 0 Å². The van der Waals surface area contributed by atoms with E-state index < -0.39 is 10.0 Å². The number of amides is 1. The number of sulfonamides is 1. The van der Waals surface area contributed by atoms with Crippen molar-refractivity contribution in [3.63, 3.8) is 0 Å². The van der Waals surface area contributed by atoms with E-state index in [9.17, 15) is 13.2 Å². The fourth-order valence-corrected chi connectivity index (χ4v) is 6.23.